The summed E-state index contributed by atoms with van der Waals surface area (Å²) in [6, 6.07) is 8.15. The molecule has 0 bridgehead atoms. The zero-order valence-electron chi connectivity index (χ0n) is 19.4. The number of benzene rings is 1. The Hall–Kier alpha value is -2.95. The predicted molar refractivity (Wildman–Crippen MR) is 131 cm³/mol. The highest BCUT2D eigenvalue weighted by atomic mass is 16.5. The lowest BCUT2D eigenvalue weighted by molar-refractivity contribution is 0.0404. The third-order valence-corrected chi connectivity index (χ3v) is 8.59. The summed E-state index contributed by atoms with van der Waals surface area (Å²) in [6.45, 7) is 7.27. The molecule has 3 atom stereocenters. The Labute approximate surface area is 196 Å². The first-order chi connectivity index (χ1) is 16.1. The van der Waals surface area contributed by atoms with Gasteiger partial charge in [0.15, 0.2) is 0 Å². The molecule has 33 heavy (non-hydrogen) atoms. The molecule has 1 saturated carbocycles. The fourth-order valence-corrected chi connectivity index (χ4v) is 6.89. The van der Waals surface area contributed by atoms with Gasteiger partial charge in [0.2, 0.25) is 0 Å². The monoisotopic (exact) mass is 443 g/mol. The van der Waals surface area contributed by atoms with E-state index >= 15 is 0 Å². The molecule has 1 aromatic carbocycles. The Kier molecular flexibility index (Phi) is 4.72. The van der Waals surface area contributed by atoms with Gasteiger partial charge in [0.25, 0.3) is 0 Å². The molecular formula is C28H33N3O2. The maximum Gasteiger partial charge on any atom is 0.141 e. The summed E-state index contributed by atoms with van der Waals surface area (Å²) in [7, 11) is 1.84. The van der Waals surface area contributed by atoms with E-state index in [2.05, 4.69) is 40.8 Å². The van der Waals surface area contributed by atoms with Crippen molar-refractivity contribution in [1.82, 2.24) is 4.90 Å². The number of para-hydroxylation sites is 1. The van der Waals surface area contributed by atoms with E-state index in [1.54, 1.807) is 6.20 Å². The van der Waals surface area contributed by atoms with Crippen molar-refractivity contribution in [3.8, 4) is 5.75 Å². The maximum atomic E-state index is 6.67. The maximum absolute atomic E-state index is 6.67. The fraction of sp³-hybridized carbons (Fsp3) is 0.464. The molecule has 3 fully saturated rings. The number of nitrogens with two attached hydrogens (primary N) is 1. The van der Waals surface area contributed by atoms with Gasteiger partial charge in [-0.3, -0.25) is 4.99 Å². The van der Waals surface area contributed by atoms with Crippen molar-refractivity contribution in [2.75, 3.05) is 26.7 Å². The number of likely N-dealkylation sites (tertiary alicyclic amines) is 1. The van der Waals surface area contributed by atoms with Crippen LogP contribution in [0.2, 0.25) is 0 Å². The molecule has 5 heteroatoms. The second-order valence-electron chi connectivity index (χ2n) is 9.99. The van der Waals surface area contributed by atoms with Crippen molar-refractivity contribution in [2.45, 2.75) is 37.7 Å². The largest absolute Gasteiger partial charge is 0.497 e. The van der Waals surface area contributed by atoms with Crippen LogP contribution in [0.3, 0.4) is 0 Å². The minimum Gasteiger partial charge on any atom is -0.497 e. The van der Waals surface area contributed by atoms with Crippen molar-refractivity contribution in [2.24, 2.45) is 28.0 Å². The van der Waals surface area contributed by atoms with Crippen LogP contribution < -0.4 is 10.5 Å². The molecule has 3 heterocycles. The van der Waals surface area contributed by atoms with Crippen molar-refractivity contribution in [1.29, 1.82) is 0 Å². The van der Waals surface area contributed by atoms with Gasteiger partial charge in [-0.15, -0.1) is 0 Å². The minimum absolute atomic E-state index is 0.141. The third-order valence-electron chi connectivity index (χ3n) is 8.59. The highest BCUT2D eigenvalue weighted by Gasteiger charge is 2.68. The molecule has 2 saturated heterocycles. The normalized spacial score (nSPS) is 33.8. The highest BCUT2D eigenvalue weighted by Crippen LogP contribution is 2.71. The summed E-state index contributed by atoms with van der Waals surface area (Å²) in [5, 5.41) is 0. The lowest BCUT2D eigenvalue weighted by Gasteiger charge is -2.47. The zero-order chi connectivity index (χ0) is 22.6. The number of piperidine rings is 1. The van der Waals surface area contributed by atoms with Crippen LogP contribution in [-0.2, 0) is 4.74 Å². The summed E-state index contributed by atoms with van der Waals surface area (Å²) in [4.78, 5) is 7.10. The van der Waals surface area contributed by atoms with Crippen LogP contribution >= 0.6 is 0 Å². The number of allylic oxidation sites excluding steroid dienone is 5. The lowest BCUT2D eigenvalue weighted by Crippen LogP contribution is -2.53. The fourth-order valence-electron chi connectivity index (χ4n) is 6.89. The smallest absolute Gasteiger partial charge is 0.141 e. The second kappa shape index (κ2) is 7.54. The summed E-state index contributed by atoms with van der Waals surface area (Å²) in [6.07, 6.45) is 13.8. The highest BCUT2D eigenvalue weighted by molar-refractivity contribution is 6.16. The van der Waals surface area contributed by atoms with Crippen LogP contribution in [0.25, 0.3) is 0 Å². The average Bonchev–Trinajstić information content (AvgIpc) is 3.57. The van der Waals surface area contributed by atoms with Gasteiger partial charge in [0.05, 0.1) is 12.3 Å². The van der Waals surface area contributed by atoms with Crippen LogP contribution in [0.1, 0.15) is 37.7 Å². The molecule has 5 aliphatic rings. The Morgan fingerprint density at radius 2 is 2.03 bits per heavy atom. The van der Waals surface area contributed by atoms with E-state index in [4.69, 9.17) is 15.2 Å². The number of aliphatic imine (C=N–C) groups is 1. The van der Waals surface area contributed by atoms with Crippen LogP contribution in [0.4, 0.5) is 0 Å². The molecule has 0 radical (unpaired) electrons. The van der Waals surface area contributed by atoms with E-state index in [1.807, 2.05) is 25.2 Å². The van der Waals surface area contributed by atoms with Gasteiger partial charge in [0, 0.05) is 67.3 Å². The van der Waals surface area contributed by atoms with Gasteiger partial charge >= 0.3 is 0 Å². The van der Waals surface area contributed by atoms with E-state index in [0.29, 0.717) is 11.8 Å². The van der Waals surface area contributed by atoms with Crippen molar-refractivity contribution < 1.29 is 9.47 Å². The van der Waals surface area contributed by atoms with Crippen LogP contribution in [-0.4, -0.2) is 43.0 Å². The molecule has 2 aliphatic carbocycles. The molecule has 1 aromatic rings. The predicted octanol–water partition coefficient (Wildman–Crippen LogP) is 4.58. The van der Waals surface area contributed by atoms with E-state index in [1.165, 1.54) is 24.3 Å². The number of nitrogens with zero attached hydrogens (tertiary/aromatic N) is 2. The molecule has 3 aliphatic heterocycles. The van der Waals surface area contributed by atoms with E-state index in [0.717, 1.165) is 61.6 Å². The van der Waals surface area contributed by atoms with Crippen LogP contribution in [0.5, 0.6) is 5.75 Å². The number of rotatable bonds is 2. The Morgan fingerprint density at radius 1 is 1.21 bits per heavy atom. The molecular weight excluding hydrogens is 410 g/mol. The lowest BCUT2D eigenvalue weighted by atomic mass is 9.77. The molecule has 2 N–H and O–H groups in total. The Balaban J connectivity index is 1.23. The topological polar surface area (TPSA) is 60.1 Å². The SMILES string of the molecule is C=C(C1[C@H]2C=CC=C3OCCCCC312)N1CCC2(CC1)Oc1ccccc1C(=NC)C2=CN. The first kappa shape index (κ1) is 20.6. The first-order valence-corrected chi connectivity index (χ1v) is 12.3. The van der Waals surface area contributed by atoms with Crippen molar-refractivity contribution in [3.63, 3.8) is 0 Å². The van der Waals surface area contributed by atoms with Gasteiger partial charge in [-0.25, -0.2) is 0 Å². The van der Waals surface area contributed by atoms with Crippen LogP contribution in [0.15, 0.2) is 77.3 Å². The minimum atomic E-state index is -0.431. The number of hydrogen-bond acceptors (Lipinski definition) is 5. The number of hydrogen-bond donors (Lipinski definition) is 1. The molecule has 2 unspecified atom stereocenters. The standard InChI is InChI=1S/C28H33N3O2/c1-19(25-21-9-7-11-24-28(21,25)12-5-6-17-32-24)31-15-13-27(14-16-31)22(18-29)26(30-2)20-8-3-4-10-23(20)33-27/h3-4,7-11,18,21,25H,1,5-6,12-17,29H2,2H3/t21-,25?,28?/m1/s1. The van der Waals surface area contributed by atoms with Crippen molar-refractivity contribution >= 4 is 5.71 Å². The van der Waals surface area contributed by atoms with Gasteiger partial charge in [-0.2, -0.15) is 0 Å². The van der Waals surface area contributed by atoms with Gasteiger partial charge in [0.1, 0.15) is 17.1 Å². The summed E-state index contributed by atoms with van der Waals surface area (Å²) >= 11 is 0. The average molecular weight is 444 g/mol. The van der Waals surface area contributed by atoms with Gasteiger partial charge < -0.3 is 20.1 Å². The van der Waals surface area contributed by atoms with Gasteiger partial charge in [-0.05, 0) is 43.4 Å². The van der Waals surface area contributed by atoms with Crippen molar-refractivity contribution in [3.05, 3.63) is 77.9 Å². The first-order valence-electron chi connectivity index (χ1n) is 12.3. The number of ether oxygens (including phenoxy) is 2. The van der Waals surface area contributed by atoms with E-state index in [-0.39, 0.29) is 5.41 Å². The molecule has 5 nitrogen and oxygen atoms in total. The zero-order valence-corrected chi connectivity index (χ0v) is 19.4. The summed E-state index contributed by atoms with van der Waals surface area (Å²) < 4.78 is 12.9. The summed E-state index contributed by atoms with van der Waals surface area (Å²) in [5.41, 5.74) is 10.1. The molecule has 6 rings (SSSR count). The van der Waals surface area contributed by atoms with Crippen LogP contribution in [0, 0.1) is 17.3 Å². The van der Waals surface area contributed by atoms with E-state index < -0.39 is 5.60 Å². The quantitative estimate of drug-likeness (QED) is 0.727. The van der Waals surface area contributed by atoms with Gasteiger partial charge in [-0.1, -0.05) is 30.9 Å². The molecule has 172 valence electrons. The number of fused-ring (bicyclic) bond motifs is 1. The van der Waals surface area contributed by atoms with E-state index in [9.17, 15) is 0 Å². The molecule has 2 spiro atoms. The summed E-state index contributed by atoms with van der Waals surface area (Å²) in [5.74, 6) is 3.06. The molecule has 0 amide bonds. The Morgan fingerprint density at radius 3 is 2.82 bits per heavy atom. The third kappa shape index (κ3) is 2.87. The second-order valence-corrected chi connectivity index (χ2v) is 9.99. The molecule has 0 aromatic heterocycles. The Bertz CT molecular complexity index is 1110.